The molecule has 26 heavy (non-hydrogen) atoms. The molecule has 1 atom stereocenters. The number of hydrogen-bond acceptors (Lipinski definition) is 5. The van der Waals surface area contributed by atoms with Gasteiger partial charge in [-0.1, -0.05) is 12.1 Å². The van der Waals surface area contributed by atoms with Crippen LogP contribution in [0.3, 0.4) is 0 Å². The molecule has 0 saturated carbocycles. The van der Waals surface area contributed by atoms with Gasteiger partial charge in [0.2, 0.25) is 5.91 Å². The van der Waals surface area contributed by atoms with Gasteiger partial charge in [0, 0.05) is 26.2 Å². The molecular weight excluding hydrogens is 328 g/mol. The molecule has 1 amide bonds. The van der Waals surface area contributed by atoms with Crippen LogP contribution in [0.2, 0.25) is 0 Å². The lowest BCUT2D eigenvalue weighted by Crippen LogP contribution is -2.45. The van der Waals surface area contributed by atoms with Crippen LogP contribution in [0.1, 0.15) is 20.3 Å². The second-order valence-corrected chi connectivity index (χ2v) is 7.07. The van der Waals surface area contributed by atoms with Gasteiger partial charge in [0.05, 0.1) is 18.3 Å². The Balaban J connectivity index is 1.76. The Morgan fingerprint density at radius 1 is 1.27 bits per heavy atom. The van der Waals surface area contributed by atoms with Gasteiger partial charge in [0.1, 0.15) is 5.75 Å². The van der Waals surface area contributed by atoms with E-state index in [1.165, 1.54) is 0 Å². The van der Waals surface area contributed by atoms with Crippen molar-refractivity contribution < 1.29 is 9.53 Å². The highest BCUT2D eigenvalue weighted by Gasteiger charge is 2.20. The number of benzene rings is 1. The lowest BCUT2D eigenvalue weighted by molar-refractivity contribution is -0.120. The Labute approximate surface area is 158 Å². The fourth-order valence-corrected chi connectivity index (χ4v) is 3.10. The molecule has 0 radical (unpaired) electrons. The zero-order valence-corrected chi connectivity index (χ0v) is 16.7. The molecule has 146 valence electrons. The average Bonchev–Trinajstić information content (AvgIpc) is 2.64. The van der Waals surface area contributed by atoms with E-state index in [1.807, 2.05) is 45.2 Å². The Morgan fingerprint density at radius 3 is 2.65 bits per heavy atom. The van der Waals surface area contributed by atoms with E-state index in [-0.39, 0.29) is 11.9 Å². The van der Waals surface area contributed by atoms with E-state index in [4.69, 9.17) is 4.74 Å². The maximum atomic E-state index is 12.6. The molecule has 6 nitrogen and oxygen atoms in total. The van der Waals surface area contributed by atoms with Gasteiger partial charge in [-0.25, -0.2) is 0 Å². The molecule has 1 aliphatic heterocycles. The maximum absolute atomic E-state index is 12.6. The van der Waals surface area contributed by atoms with Crippen molar-refractivity contribution in [2.45, 2.75) is 26.3 Å². The van der Waals surface area contributed by atoms with Crippen molar-refractivity contribution >= 4 is 11.6 Å². The van der Waals surface area contributed by atoms with E-state index in [1.54, 1.807) is 0 Å². The second kappa shape index (κ2) is 10.5. The highest BCUT2D eigenvalue weighted by atomic mass is 16.5. The van der Waals surface area contributed by atoms with Crippen molar-refractivity contribution in [1.29, 1.82) is 0 Å². The minimum absolute atomic E-state index is 0.000694. The molecule has 2 rings (SSSR count). The van der Waals surface area contributed by atoms with E-state index >= 15 is 0 Å². The summed E-state index contributed by atoms with van der Waals surface area (Å²) in [5.74, 6) is 0.715. The molecule has 1 aromatic carbocycles. The Morgan fingerprint density at radius 2 is 1.96 bits per heavy atom. The van der Waals surface area contributed by atoms with E-state index in [9.17, 15) is 4.79 Å². The smallest absolute Gasteiger partial charge is 0.241 e. The molecule has 1 heterocycles. The van der Waals surface area contributed by atoms with Crippen LogP contribution in [0.5, 0.6) is 5.75 Å². The number of ether oxygens (including phenoxy) is 1. The number of nitrogens with zero attached hydrogens (tertiary/aromatic N) is 3. The number of carbonyl (C=O) groups is 1. The zero-order chi connectivity index (χ0) is 18.9. The number of nitrogens with one attached hydrogen (secondary N) is 1. The number of amides is 1. The van der Waals surface area contributed by atoms with Gasteiger partial charge in [0.25, 0.3) is 0 Å². The third-order valence-electron chi connectivity index (χ3n) is 5.07. The molecule has 0 aliphatic carbocycles. The number of rotatable bonds is 9. The molecule has 1 saturated heterocycles. The van der Waals surface area contributed by atoms with Crippen molar-refractivity contribution in [3.63, 3.8) is 0 Å². The van der Waals surface area contributed by atoms with Gasteiger partial charge >= 0.3 is 0 Å². The van der Waals surface area contributed by atoms with Gasteiger partial charge in [0.15, 0.2) is 0 Å². The summed E-state index contributed by atoms with van der Waals surface area (Å²) in [4.78, 5) is 19.6. The lowest BCUT2D eigenvalue weighted by atomic mass is 10.2. The zero-order valence-electron chi connectivity index (χ0n) is 16.7. The number of para-hydroxylation sites is 2. The molecule has 1 fully saturated rings. The number of piperazine rings is 1. The summed E-state index contributed by atoms with van der Waals surface area (Å²) >= 11 is 0. The molecule has 1 N–H and O–H groups in total. The summed E-state index contributed by atoms with van der Waals surface area (Å²) in [7, 11) is 4.19. The summed E-state index contributed by atoms with van der Waals surface area (Å²) in [6.07, 6.45) is 1.08. The van der Waals surface area contributed by atoms with E-state index in [0.717, 1.165) is 51.4 Å². The number of likely N-dealkylation sites (N-methyl/N-ethyl adjacent to an activating group) is 2. The van der Waals surface area contributed by atoms with Crippen LogP contribution in [0, 0.1) is 0 Å². The molecule has 1 aromatic rings. The van der Waals surface area contributed by atoms with E-state index in [0.29, 0.717) is 12.4 Å². The number of anilines is 1. The predicted octanol–water partition coefficient (Wildman–Crippen LogP) is 1.98. The summed E-state index contributed by atoms with van der Waals surface area (Å²) in [5.41, 5.74) is 0.733. The van der Waals surface area contributed by atoms with Crippen molar-refractivity contribution in [3.8, 4) is 5.75 Å². The largest absolute Gasteiger partial charge is 0.492 e. The number of carbonyl (C=O) groups excluding carboxylic acids is 1. The molecule has 0 aromatic heterocycles. The minimum Gasteiger partial charge on any atom is -0.492 e. The molecule has 0 spiro atoms. The summed E-state index contributed by atoms with van der Waals surface area (Å²) in [6, 6.07) is 7.39. The SMILES string of the molecule is CCOc1ccccc1NC(=O)[C@H](C)N(C)CCCN1CCN(C)CC1. The van der Waals surface area contributed by atoms with E-state index in [2.05, 4.69) is 27.1 Å². The van der Waals surface area contributed by atoms with Crippen LogP contribution < -0.4 is 10.1 Å². The quantitative estimate of drug-likeness (QED) is 0.728. The number of hydrogen-bond donors (Lipinski definition) is 1. The van der Waals surface area contributed by atoms with Gasteiger partial charge in [-0.15, -0.1) is 0 Å². The van der Waals surface area contributed by atoms with Crippen molar-refractivity contribution in [1.82, 2.24) is 14.7 Å². The van der Waals surface area contributed by atoms with Crippen LogP contribution in [0.25, 0.3) is 0 Å². The summed E-state index contributed by atoms with van der Waals surface area (Å²) < 4.78 is 5.58. The highest BCUT2D eigenvalue weighted by Crippen LogP contribution is 2.24. The summed E-state index contributed by atoms with van der Waals surface area (Å²) in [6.45, 7) is 11.1. The van der Waals surface area contributed by atoms with Gasteiger partial charge in [-0.2, -0.15) is 0 Å². The molecular formula is C20H34N4O2. The molecule has 0 bridgehead atoms. The first-order valence-electron chi connectivity index (χ1n) is 9.65. The summed E-state index contributed by atoms with van der Waals surface area (Å²) in [5, 5.41) is 3.00. The Hall–Kier alpha value is -1.63. The average molecular weight is 363 g/mol. The Kier molecular flexibility index (Phi) is 8.35. The molecule has 1 aliphatic rings. The first kappa shape index (κ1) is 20.7. The third-order valence-corrected chi connectivity index (χ3v) is 5.07. The fourth-order valence-electron chi connectivity index (χ4n) is 3.10. The van der Waals surface area contributed by atoms with Crippen molar-refractivity contribution in [2.75, 3.05) is 65.3 Å². The van der Waals surface area contributed by atoms with Crippen molar-refractivity contribution in [3.05, 3.63) is 24.3 Å². The van der Waals surface area contributed by atoms with Gasteiger partial charge in [-0.05, 0) is 59.6 Å². The van der Waals surface area contributed by atoms with Crippen LogP contribution in [-0.4, -0.2) is 86.6 Å². The lowest BCUT2D eigenvalue weighted by Gasteiger charge is -2.33. The van der Waals surface area contributed by atoms with Gasteiger partial charge in [-0.3, -0.25) is 9.69 Å². The topological polar surface area (TPSA) is 48.1 Å². The first-order valence-corrected chi connectivity index (χ1v) is 9.65. The second-order valence-electron chi connectivity index (χ2n) is 7.07. The maximum Gasteiger partial charge on any atom is 0.241 e. The standard InChI is InChI=1S/C20H34N4O2/c1-5-26-19-10-7-6-9-18(19)21-20(25)17(2)23(4)11-8-12-24-15-13-22(3)14-16-24/h6-7,9-10,17H,5,8,11-16H2,1-4H3,(H,21,25)/t17-/m0/s1. The predicted molar refractivity (Wildman–Crippen MR) is 107 cm³/mol. The van der Waals surface area contributed by atoms with Crippen LogP contribution in [-0.2, 0) is 4.79 Å². The fraction of sp³-hybridized carbons (Fsp3) is 0.650. The normalized spacial score (nSPS) is 17.3. The van der Waals surface area contributed by atoms with Gasteiger partial charge < -0.3 is 19.9 Å². The monoisotopic (exact) mass is 362 g/mol. The molecule has 0 unspecified atom stereocenters. The van der Waals surface area contributed by atoms with Crippen LogP contribution >= 0.6 is 0 Å². The molecule has 6 heteroatoms. The van der Waals surface area contributed by atoms with E-state index < -0.39 is 0 Å². The minimum atomic E-state index is -0.183. The Bertz CT molecular complexity index is 558. The van der Waals surface area contributed by atoms with Crippen LogP contribution in [0.4, 0.5) is 5.69 Å². The third kappa shape index (κ3) is 6.27. The highest BCUT2D eigenvalue weighted by molar-refractivity contribution is 5.95. The first-order chi connectivity index (χ1) is 12.5. The van der Waals surface area contributed by atoms with Crippen molar-refractivity contribution in [2.24, 2.45) is 0 Å². The van der Waals surface area contributed by atoms with Crippen LogP contribution in [0.15, 0.2) is 24.3 Å².